The first kappa shape index (κ1) is 18.1. The van der Waals surface area contributed by atoms with E-state index in [1.165, 1.54) is 11.3 Å². The van der Waals surface area contributed by atoms with E-state index in [9.17, 15) is 4.79 Å². The predicted molar refractivity (Wildman–Crippen MR) is 104 cm³/mol. The van der Waals surface area contributed by atoms with E-state index in [0.717, 1.165) is 17.0 Å². The first-order valence-electron chi connectivity index (χ1n) is 8.87. The molecule has 4 aromatic rings. The Morgan fingerprint density at radius 2 is 2.04 bits per heavy atom. The molecule has 1 aromatic carbocycles. The molecule has 0 amide bonds. The molecule has 0 saturated carbocycles. The van der Waals surface area contributed by atoms with Gasteiger partial charge in [0.05, 0.1) is 10.6 Å². The molecule has 0 fully saturated rings. The molecule has 3 heterocycles. The third-order valence-electron chi connectivity index (χ3n) is 4.08. The van der Waals surface area contributed by atoms with Gasteiger partial charge in [0, 0.05) is 12.7 Å². The number of ether oxygens (including phenoxy) is 1. The van der Waals surface area contributed by atoms with Crippen molar-refractivity contribution in [1.29, 1.82) is 0 Å². The molecule has 0 bridgehead atoms. The number of carbonyl (C=O) groups is 1. The predicted octanol–water partition coefficient (Wildman–Crippen LogP) is 3.35. The standard InChI is InChI=1S/C19H18N6O2S/c1-2-10-24-17(20-22-23-24)13-27-19(26)15-12-25(14-7-4-3-5-8-14)21-18(15)16-9-6-11-28-16/h3-9,11-12H,2,10,13H2,1H3. The highest BCUT2D eigenvalue weighted by Crippen LogP contribution is 2.28. The molecule has 28 heavy (non-hydrogen) atoms. The largest absolute Gasteiger partial charge is 0.454 e. The second-order valence-electron chi connectivity index (χ2n) is 6.04. The second kappa shape index (κ2) is 8.13. The maximum atomic E-state index is 12.8. The van der Waals surface area contributed by atoms with Gasteiger partial charge >= 0.3 is 5.97 Å². The van der Waals surface area contributed by atoms with Crippen LogP contribution >= 0.6 is 11.3 Å². The van der Waals surface area contributed by atoms with Gasteiger partial charge in [-0.05, 0) is 40.4 Å². The molecule has 0 aliphatic rings. The van der Waals surface area contributed by atoms with Gasteiger partial charge in [0.25, 0.3) is 0 Å². The van der Waals surface area contributed by atoms with Crippen molar-refractivity contribution < 1.29 is 9.53 Å². The lowest BCUT2D eigenvalue weighted by atomic mass is 10.2. The highest BCUT2D eigenvalue weighted by atomic mass is 32.1. The van der Waals surface area contributed by atoms with E-state index in [-0.39, 0.29) is 6.61 Å². The molecule has 0 radical (unpaired) electrons. The smallest absolute Gasteiger partial charge is 0.342 e. The lowest BCUT2D eigenvalue weighted by Crippen LogP contribution is -2.11. The van der Waals surface area contributed by atoms with Gasteiger partial charge in [0.1, 0.15) is 11.3 Å². The summed E-state index contributed by atoms with van der Waals surface area (Å²) in [4.78, 5) is 13.7. The SMILES string of the molecule is CCCn1nnnc1COC(=O)c1cn(-c2ccccc2)nc1-c1cccs1. The summed E-state index contributed by atoms with van der Waals surface area (Å²) in [6.07, 6.45) is 2.58. The Morgan fingerprint density at radius 3 is 2.79 bits per heavy atom. The highest BCUT2D eigenvalue weighted by Gasteiger charge is 2.21. The number of rotatable bonds is 7. The van der Waals surface area contributed by atoms with Gasteiger partial charge in [-0.2, -0.15) is 5.10 Å². The summed E-state index contributed by atoms with van der Waals surface area (Å²) < 4.78 is 8.82. The van der Waals surface area contributed by atoms with Crippen molar-refractivity contribution in [2.24, 2.45) is 0 Å². The number of para-hydroxylation sites is 1. The topological polar surface area (TPSA) is 87.7 Å². The molecule has 4 rings (SSSR count). The van der Waals surface area contributed by atoms with E-state index >= 15 is 0 Å². The fraction of sp³-hybridized carbons (Fsp3) is 0.211. The lowest BCUT2D eigenvalue weighted by Gasteiger charge is -2.05. The third-order valence-corrected chi connectivity index (χ3v) is 4.96. The van der Waals surface area contributed by atoms with Gasteiger partial charge in [0.2, 0.25) is 0 Å². The van der Waals surface area contributed by atoms with E-state index in [1.54, 1.807) is 15.6 Å². The van der Waals surface area contributed by atoms with Crippen molar-refractivity contribution in [3.63, 3.8) is 0 Å². The van der Waals surface area contributed by atoms with Crippen LogP contribution in [-0.2, 0) is 17.9 Å². The first-order valence-corrected chi connectivity index (χ1v) is 9.75. The van der Waals surface area contributed by atoms with Crippen molar-refractivity contribution in [2.45, 2.75) is 26.5 Å². The monoisotopic (exact) mass is 394 g/mol. The number of benzene rings is 1. The molecule has 0 aliphatic heterocycles. The van der Waals surface area contributed by atoms with Crippen LogP contribution in [-0.4, -0.2) is 36.0 Å². The molecule has 3 aromatic heterocycles. The zero-order chi connectivity index (χ0) is 19.3. The molecular weight excluding hydrogens is 376 g/mol. The van der Waals surface area contributed by atoms with E-state index in [4.69, 9.17) is 4.74 Å². The van der Waals surface area contributed by atoms with Crippen LogP contribution < -0.4 is 0 Å². The number of esters is 1. The van der Waals surface area contributed by atoms with Crippen LogP contribution in [0.4, 0.5) is 0 Å². The van der Waals surface area contributed by atoms with E-state index in [2.05, 4.69) is 20.6 Å². The van der Waals surface area contributed by atoms with Gasteiger partial charge in [-0.25, -0.2) is 14.2 Å². The number of nitrogens with zero attached hydrogens (tertiary/aromatic N) is 6. The average molecular weight is 394 g/mol. The van der Waals surface area contributed by atoms with Gasteiger partial charge in [-0.15, -0.1) is 16.4 Å². The molecule has 0 spiro atoms. The Labute approximate surface area is 165 Å². The number of tetrazole rings is 1. The van der Waals surface area contributed by atoms with Gasteiger partial charge in [-0.3, -0.25) is 0 Å². The quantitative estimate of drug-likeness (QED) is 0.447. The minimum atomic E-state index is -0.461. The second-order valence-corrected chi connectivity index (χ2v) is 6.99. The van der Waals surface area contributed by atoms with Crippen LogP contribution in [0.1, 0.15) is 29.5 Å². The Kier molecular flexibility index (Phi) is 5.24. The van der Waals surface area contributed by atoms with Crippen LogP contribution in [0.15, 0.2) is 54.0 Å². The minimum Gasteiger partial charge on any atom is -0.454 e. The number of hydrogen-bond donors (Lipinski definition) is 0. The van der Waals surface area contributed by atoms with E-state index in [1.807, 2.05) is 54.8 Å². The fourth-order valence-corrected chi connectivity index (χ4v) is 3.47. The number of aryl methyl sites for hydroxylation is 1. The summed E-state index contributed by atoms with van der Waals surface area (Å²) in [5.41, 5.74) is 1.86. The van der Waals surface area contributed by atoms with Gasteiger partial charge in [-0.1, -0.05) is 31.2 Å². The number of aromatic nitrogens is 6. The van der Waals surface area contributed by atoms with Gasteiger partial charge in [0.15, 0.2) is 12.4 Å². The Bertz CT molecular complexity index is 1060. The van der Waals surface area contributed by atoms with Crippen molar-refractivity contribution in [2.75, 3.05) is 0 Å². The summed E-state index contributed by atoms with van der Waals surface area (Å²) in [5, 5.41) is 18.1. The Balaban J connectivity index is 1.61. The zero-order valence-corrected chi connectivity index (χ0v) is 16.0. The maximum absolute atomic E-state index is 12.8. The number of carbonyl (C=O) groups excluding carboxylic acids is 1. The van der Waals surface area contributed by atoms with Crippen LogP contribution in [0.3, 0.4) is 0 Å². The molecule has 0 saturated heterocycles. The highest BCUT2D eigenvalue weighted by molar-refractivity contribution is 7.13. The van der Waals surface area contributed by atoms with Crippen LogP contribution in [0.5, 0.6) is 0 Å². The fourth-order valence-electron chi connectivity index (χ4n) is 2.75. The Hall–Kier alpha value is -3.33. The van der Waals surface area contributed by atoms with Crippen molar-refractivity contribution >= 4 is 17.3 Å². The minimum absolute atomic E-state index is 0.00618. The molecular formula is C19H18N6O2S. The molecule has 0 unspecified atom stereocenters. The van der Waals surface area contributed by atoms with Crippen LogP contribution in [0, 0.1) is 0 Å². The van der Waals surface area contributed by atoms with E-state index < -0.39 is 5.97 Å². The van der Waals surface area contributed by atoms with Crippen molar-refractivity contribution in [3.8, 4) is 16.3 Å². The first-order chi connectivity index (χ1) is 13.8. The average Bonchev–Trinajstić information content (AvgIpc) is 3.47. The maximum Gasteiger partial charge on any atom is 0.342 e. The molecule has 0 N–H and O–H groups in total. The zero-order valence-electron chi connectivity index (χ0n) is 15.2. The molecule has 0 aliphatic carbocycles. The number of thiophene rings is 1. The number of hydrogen-bond acceptors (Lipinski definition) is 7. The molecule has 0 atom stereocenters. The summed E-state index contributed by atoms with van der Waals surface area (Å²) >= 11 is 1.52. The summed E-state index contributed by atoms with van der Waals surface area (Å²) in [6.45, 7) is 2.71. The normalized spacial score (nSPS) is 10.9. The molecule has 9 heteroatoms. The summed E-state index contributed by atoms with van der Waals surface area (Å²) in [7, 11) is 0. The third kappa shape index (κ3) is 3.70. The molecule has 142 valence electrons. The van der Waals surface area contributed by atoms with Crippen molar-refractivity contribution in [1.82, 2.24) is 30.0 Å². The molecule has 8 nitrogen and oxygen atoms in total. The van der Waals surface area contributed by atoms with Crippen LogP contribution in [0.25, 0.3) is 16.3 Å². The van der Waals surface area contributed by atoms with E-state index in [0.29, 0.717) is 23.6 Å². The summed E-state index contributed by atoms with van der Waals surface area (Å²) in [5.74, 6) is 0.0555. The Morgan fingerprint density at radius 1 is 1.18 bits per heavy atom. The summed E-state index contributed by atoms with van der Waals surface area (Å²) in [6, 6.07) is 13.5. The van der Waals surface area contributed by atoms with Crippen LogP contribution in [0.2, 0.25) is 0 Å². The van der Waals surface area contributed by atoms with Gasteiger partial charge < -0.3 is 4.74 Å². The van der Waals surface area contributed by atoms with Crippen molar-refractivity contribution in [3.05, 3.63) is 65.4 Å². The lowest BCUT2D eigenvalue weighted by molar-refractivity contribution is 0.0457.